The summed E-state index contributed by atoms with van der Waals surface area (Å²) in [6.45, 7) is 1.74. The first-order chi connectivity index (χ1) is 7.13. The van der Waals surface area contributed by atoms with Gasteiger partial charge in [0.1, 0.15) is 6.07 Å². The number of nitriles is 1. The number of anilines is 2. The third kappa shape index (κ3) is 3.49. The maximum atomic E-state index is 8.90. The number of hydrogen-bond acceptors (Lipinski definition) is 4. The van der Waals surface area contributed by atoms with Crippen LogP contribution in [-0.4, -0.2) is 32.1 Å². The molecule has 0 saturated carbocycles. The van der Waals surface area contributed by atoms with Gasteiger partial charge in [-0.25, -0.2) is 0 Å². The van der Waals surface area contributed by atoms with E-state index in [0.717, 1.165) is 18.8 Å². The summed E-state index contributed by atoms with van der Waals surface area (Å²) in [5, 5.41) is 12.1. The molecule has 0 heterocycles. The molecule has 0 radical (unpaired) electrons. The highest BCUT2D eigenvalue weighted by Gasteiger charge is 2.01. The predicted octanol–water partition coefficient (Wildman–Crippen LogP) is 1.11. The van der Waals surface area contributed by atoms with Crippen LogP contribution in [0.2, 0.25) is 0 Å². The predicted molar refractivity (Wildman–Crippen MR) is 62.6 cm³/mol. The van der Waals surface area contributed by atoms with Crippen LogP contribution in [0.15, 0.2) is 18.2 Å². The lowest BCUT2D eigenvalue weighted by atomic mass is 10.1. The summed E-state index contributed by atoms with van der Waals surface area (Å²) in [4.78, 5) is 2.08. The summed E-state index contributed by atoms with van der Waals surface area (Å²) >= 11 is 0. The van der Waals surface area contributed by atoms with E-state index >= 15 is 0 Å². The zero-order chi connectivity index (χ0) is 11.3. The number of nitrogens with zero attached hydrogens (tertiary/aromatic N) is 2. The van der Waals surface area contributed by atoms with E-state index < -0.39 is 0 Å². The molecule has 0 amide bonds. The molecular weight excluding hydrogens is 188 g/mol. The topological polar surface area (TPSA) is 65.1 Å². The average molecular weight is 204 g/mol. The van der Waals surface area contributed by atoms with Crippen LogP contribution in [0.25, 0.3) is 0 Å². The van der Waals surface area contributed by atoms with Crippen molar-refractivity contribution < 1.29 is 0 Å². The molecule has 0 aliphatic heterocycles. The van der Waals surface area contributed by atoms with Crippen molar-refractivity contribution in [2.24, 2.45) is 0 Å². The molecular formula is C11H16N4. The van der Waals surface area contributed by atoms with E-state index in [9.17, 15) is 0 Å². The fourth-order valence-electron chi connectivity index (χ4n) is 1.22. The first-order valence-electron chi connectivity index (χ1n) is 4.81. The summed E-state index contributed by atoms with van der Waals surface area (Å²) in [5.41, 5.74) is 7.64. The highest BCUT2D eigenvalue weighted by atomic mass is 15.1. The Balaban J connectivity index is 2.65. The lowest BCUT2D eigenvalue weighted by Gasteiger charge is -2.12. The molecule has 0 aromatic heterocycles. The van der Waals surface area contributed by atoms with Crippen LogP contribution in [0.1, 0.15) is 5.56 Å². The highest BCUT2D eigenvalue weighted by Crippen LogP contribution is 2.17. The van der Waals surface area contributed by atoms with Crippen LogP contribution in [0.3, 0.4) is 0 Å². The van der Waals surface area contributed by atoms with Crippen molar-refractivity contribution in [1.82, 2.24) is 4.90 Å². The van der Waals surface area contributed by atoms with E-state index in [-0.39, 0.29) is 0 Å². The summed E-state index contributed by atoms with van der Waals surface area (Å²) < 4.78 is 0. The van der Waals surface area contributed by atoms with Gasteiger partial charge >= 0.3 is 0 Å². The van der Waals surface area contributed by atoms with Crippen LogP contribution < -0.4 is 11.1 Å². The Labute approximate surface area is 90.3 Å². The number of rotatable bonds is 4. The Morgan fingerprint density at radius 2 is 2.20 bits per heavy atom. The van der Waals surface area contributed by atoms with Crippen molar-refractivity contribution in [1.29, 1.82) is 5.26 Å². The molecule has 15 heavy (non-hydrogen) atoms. The van der Waals surface area contributed by atoms with Gasteiger partial charge in [0.2, 0.25) is 0 Å². The van der Waals surface area contributed by atoms with E-state index in [1.165, 1.54) is 0 Å². The minimum Gasteiger partial charge on any atom is -0.399 e. The Morgan fingerprint density at radius 1 is 1.47 bits per heavy atom. The second-order valence-electron chi connectivity index (χ2n) is 3.65. The van der Waals surface area contributed by atoms with Crippen LogP contribution in [0.5, 0.6) is 0 Å². The zero-order valence-electron chi connectivity index (χ0n) is 9.12. The lowest BCUT2D eigenvalue weighted by molar-refractivity contribution is 0.425. The summed E-state index contributed by atoms with van der Waals surface area (Å²) in [5.74, 6) is 0. The Morgan fingerprint density at radius 3 is 2.80 bits per heavy atom. The van der Waals surface area contributed by atoms with Crippen LogP contribution in [-0.2, 0) is 0 Å². The number of hydrogen-bond donors (Lipinski definition) is 2. The van der Waals surface area contributed by atoms with E-state index in [1.807, 2.05) is 20.2 Å². The Kier molecular flexibility index (Phi) is 3.95. The Hall–Kier alpha value is -1.73. The van der Waals surface area contributed by atoms with Crippen molar-refractivity contribution in [2.45, 2.75) is 0 Å². The number of likely N-dealkylation sites (N-methyl/N-ethyl adjacent to an activating group) is 1. The first kappa shape index (κ1) is 11.3. The second-order valence-corrected chi connectivity index (χ2v) is 3.65. The molecule has 1 aromatic carbocycles. The molecule has 0 fully saturated rings. The maximum Gasteiger partial charge on any atom is 0.101 e. The number of nitrogens with two attached hydrogens (primary N) is 1. The van der Waals surface area contributed by atoms with Gasteiger partial charge in [0.05, 0.1) is 11.3 Å². The highest BCUT2D eigenvalue weighted by molar-refractivity contribution is 5.62. The van der Waals surface area contributed by atoms with Crippen molar-refractivity contribution in [3.8, 4) is 6.07 Å². The van der Waals surface area contributed by atoms with Gasteiger partial charge in [-0.2, -0.15) is 5.26 Å². The number of benzene rings is 1. The van der Waals surface area contributed by atoms with E-state index in [1.54, 1.807) is 12.1 Å². The average Bonchev–Trinajstić information content (AvgIpc) is 2.19. The lowest BCUT2D eigenvalue weighted by Crippen LogP contribution is -2.21. The number of nitrogens with one attached hydrogen (secondary N) is 1. The normalized spacial score (nSPS) is 10.0. The molecule has 0 unspecified atom stereocenters. The van der Waals surface area contributed by atoms with Gasteiger partial charge < -0.3 is 16.0 Å². The van der Waals surface area contributed by atoms with Gasteiger partial charge in [-0.15, -0.1) is 0 Å². The molecule has 1 aromatic rings. The third-order valence-electron chi connectivity index (χ3n) is 2.04. The molecule has 80 valence electrons. The molecule has 0 spiro atoms. The number of nitrogen functional groups attached to an aromatic ring is 1. The van der Waals surface area contributed by atoms with E-state index in [4.69, 9.17) is 11.0 Å². The fraction of sp³-hybridized carbons (Fsp3) is 0.364. The van der Waals surface area contributed by atoms with Gasteiger partial charge in [-0.3, -0.25) is 0 Å². The van der Waals surface area contributed by atoms with Gasteiger partial charge in [0.15, 0.2) is 0 Å². The summed E-state index contributed by atoms with van der Waals surface area (Å²) in [6, 6.07) is 7.42. The minimum atomic E-state index is 0.591. The molecule has 0 aliphatic carbocycles. The minimum absolute atomic E-state index is 0.591. The molecule has 0 aliphatic rings. The smallest absolute Gasteiger partial charge is 0.101 e. The zero-order valence-corrected chi connectivity index (χ0v) is 9.12. The van der Waals surface area contributed by atoms with Crippen LogP contribution >= 0.6 is 0 Å². The van der Waals surface area contributed by atoms with Crippen molar-refractivity contribution >= 4 is 11.4 Å². The molecule has 0 bridgehead atoms. The molecule has 1 rings (SSSR count). The Bertz CT molecular complexity index is 365. The second kappa shape index (κ2) is 5.23. The van der Waals surface area contributed by atoms with Gasteiger partial charge in [0.25, 0.3) is 0 Å². The van der Waals surface area contributed by atoms with Crippen molar-refractivity contribution in [2.75, 3.05) is 38.2 Å². The van der Waals surface area contributed by atoms with Crippen LogP contribution in [0, 0.1) is 11.3 Å². The first-order valence-corrected chi connectivity index (χ1v) is 4.81. The van der Waals surface area contributed by atoms with Gasteiger partial charge in [0, 0.05) is 18.8 Å². The molecule has 4 nitrogen and oxygen atoms in total. The summed E-state index contributed by atoms with van der Waals surface area (Å²) in [6.07, 6.45) is 0. The van der Waals surface area contributed by atoms with Crippen LogP contribution in [0.4, 0.5) is 11.4 Å². The third-order valence-corrected chi connectivity index (χ3v) is 2.04. The summed E-state index contributed by atoms with van der Waals surface area (Å²) in [7, 11) is 4.02. The quantitative estimate of drug-likeness (QED) is 0.721. The van der Waals surface area contributed by atoms with Gasteiger partial charge in [-0.1, -0.05) is 0 Å². The maximum absolute atomic E-state index is 8.90. The largest absolute Gasteiger partial charge is 0.399 e. The molecule has 0 saturated heterocycles. The molecule has 4 heteroatoms. The standard InChI is InChI=1S/C11H16N4/c1-15(2)6-5-14-11-4-3-10(13)7-9(11)8-12/h3-4,7,14H,5-6,13H2,1-2H3. The molecule has 3 N–H and O–H groups in total. The fourth-order valence-corrected chi connectivity index (χ4v) is 1.22. The van der Waals surface area contributed by atoms with Crippen molar-refractivity contribution in [3.63, 3.8) is 0 Å². The van der Waals surface area contributed by atoms with Gasteiger partial charge in [-0.05, 0) is 32.3 Å². The van der Waals surface area contributed by atoms with E-state index in [2.05, 4.69) is 16.3 Å². The van der Waals surface area contributed by atoms with E-state index in [0.29, 0.717) is 11.3 Å². The monoisotopic (exact) mass is 204 g/mol. The SMILES string of the molecule is CN(C)CCNc1ccc(N)cc1C#N. The van der Waals surface area contributed by atoms with Crippen molar-refractivity contribution in [3.05, 3.63) is 23.8 Å². The molecule has 0 atom stereocenters.